The Morgan fingerprint density at radius 3 is 2.78 bits per heavy atom. The van der Waals surface area contributed by atoms with Crippen LogP contribution in [0.5, 0.6) is 0 Å². The van der Waals surface area contributed by atoms with Crippen LogP contribution in [0.1, 0.15) is 36.2 Å². The quantitative estimate of drug-likeness (QED) is 0.524. The number of anilines is 2. The molecule has 0 saturated carbocycles. The smallest absolute Gasteiger partial charge is 0.308 e. The number of thioether (sulfide) groups is 1. The van der Waals surface area contributed by atoms with Gasteiger partial charge in [0.05, 0.1) is 17.4 Å². The number of esters is 1. The van der Waals surface area contributed by atoms with Crippen molar-refractivity contribution in [2.75, 3.05) is 16.8 Å². The summed E-state index contributed by atoms with van der Waals surface area (Å²) in [5.41, 5.74) is 2.75. The van der Waals surface area contributed by atoms with Crippen molar-refractivity contribution in [3.8, 4) is 0 Å². The van der Waals surface area contributed by atoms with Gasteiger partial charge in [-0.25, -0.2) is 0 Å². The molecule has 0 aromatic heterocycles. The lowest BCUT2D eigenvalue weighted by Gasteiger charge is -2.24. The highest BCUT2D eigenvalue weighted by molar-refractivity contribution is 8.01. The molecule has 32 heavy (non-hydrogen) atoms. The molecule has 166 valence electrons. The summed E-state index contributed by atoms with van der Waals surface area (Å²) in [7, 11) is 0. The third kappa shape index (κ3) is 4.52. The number of carbonyl (C=O) groups excluding carboxylic acids is 4. The maximum atomic E-state index is 12.8. The van der Waals surface area contributed by atoms with Crippen LogP contribution in [0.3, 0.4) is 0 Å². The van der Waals surface area contributed by atoms with E-state index in [0.29, 0.717) is 29.2 Å². The molecule has 2 atom stereocenters. The summed E-state index contributed by atoms with van der Waals surface area (Å²) in [6.45, 7) is 3.61. The van der Waals surface area contributed by atoms with Gasteiger partial charge in [0.2, 0.25) is 17.6 Å². The number of ketones is 1. The van der Waals surface area contributed by atoms with E-state index in [2.05, 4.69) is 5.32 Å². The minimum Gasteiger partial charge on any atom is -0.454 e. The standard InChI is InChI=1S/C23H21ClN2O5S/c1-12(22(29)15-3-5-18-14(9-15)7-8-26(18)13(2)27)31-21(28)11-20-23(30)25-17-10-16(24)4-6-19(17)32-20/h3-6,9-10,12,20H,7-8,11H2,1-2H3,(H,25,30)/t12-,20+/m0/s1. The van der Waals surface area contributed by atoms with Gasteiger partial charge < -0.3 is 15.0 Å². The summed E-state index contributed by atoms with van der Waals surface area (Å²) in [4.78, 5) is 51.8. The van der Waals surface area contributed by atoms with Gasteiger partial charge in [0.15, 0.2) is 6.10 Å². The van der Waals surface area contributed by atoms with Crippen LogP contribution in [-0.4, -0.2) is 41.5 Å². The molecule has 0 aliphatic carbocycles. The molecule has 4 rings (SSSR count). The number of benzene rings is 2. The van der Waals surface area contributed by atoms with Crippen LogP contribution in [0.2, 0.25) is 5.02 Å². The van der Waals surface area contributed by atoms with E-state index in [1.54, 1.807) is 41.3 Å². The normalized spacial score (nSPS) is 17.8. The third-order valence-electron chi connectivity index (χ3n) is 5.43. The molecule has 7 nitrogen and oxygen atoms in total. The fourth-order valence-electron chi connectivity index (χ4n) is 3.82. The van der Waals surface area contributed by atoms with Gasteiger partial charge in [0, 0.05) is 34.6 Å². The minimum atomic E-state index is -0.992. The topological polar surface area (TPSA) is 92.8 Å². The van der Waals surface area contributed by atoms with Gasteiger partial charge in [-0.3, -0.25) is 19.2 Å². The summed E-state index contributed by atoms with van der Waals surface area (Å²) in [6, 6.07) is 10.3. The van der Waals surface area contributed by atoms with Gasteiger partial charge in [-0.1, -0.05) is 11.6 Å². The number of carbonyl (C=O) groups is 4. The lowest BCUT2D eigenvalue weighted by atomic mass is 10.0. The summed E-state index contributed by atoms with van der Waals surface area (Å²) in [5.74, 6) is -1.31. The highest BCUT2D eigenvalue weighted by Crippen LogP contribution is 2.38. The van der Waals surface area contributed by atoms with Gasteiger partial charge >= 0.3 is 5.97 Å². The Labute approximate surface area is 194 Å². The molecule has 0 saturated heterocycles. The molecule has 9 heteroatoms. The maximum Gasteiger partial charge on any atom is 0.308 e. The molecule has 2 aromatic rings. The number of hydrogen-bond donors (Lipinski definition) is 1. The number of ether oxygens (including phenoxy) is 1. The SMILES string of the molecule is CC(=O)N1CCc2cc(C(=O)[C@H](C)OC(=O)C[C@H]3Sc4ccc(Cl)cc4NC3=O)ccc21. The second-order valence-corrected chi connectivity index (χ2v) is 9.38. The second kappa shape index (κ2) is 8.96. The zero-order chi connectivity index (χ0) is 23.0. The molecule has 0 fully saturated rings. The Morgan fingerprint density at radius 1 is 1.25 bits per heavy atom. The number of amides is 2. The summed E-state index contributed by atoms with van der Waals surface area (Å²) in [6.07, 6.45) is -0.479. The first-order chi connectivity index (χ1) is 15.2. The van der Waals surface area contributed by atoms with Crippen LogP contribution >= 0.6 is 23.4 Å². The molecule has 0 bridgehead atoms. The Kier molecular flexibility index (Phi) is 6.26. The summed E-state index contributed by atoms with van der Waals surface area (Å²) in [5, 5.41) is 2.60. The minimum absolute atomic E-state index is 0.0412. The molecule has 0 unspecified atom stereocenters. The van der Waals surface area contributed by atoms with Gasteiger partial charge in [-0.15, -0.1) is 11.8 Å². The summed E-state index contributed by atoms with van der Waals surface area (Å²) >= 11 is 7.21. The third-order valence-corrected chi connectivity index (χ3v) is 6.94. The summed E-state index contributed by atoms with van der Waals surface area (Å²) < 4.78 is 5.34. The lowest BCUT2D eigenvalue weighted by molar-refractivity contribution is -0.147. The first kappa shape index (κ1) is 22.4. The first-order valence-corrected chi connectivity index (χ1v) is 11.4. The van der Waals surface area contributed by atoms with E-state index < -0.39 is 17.3 Å². The molecule has 1 N–H and O–H groups in total. The van der Waals surface area contributed by atoms with Gasteiger partial charge in [-0.2, -0.15) is 0 Å². The van der Waals surface area contributed by atoms with Crippen LogP contribution in [-0.2, 0) is 25.5 Å². The number of nitrogens with one attached hydrogen (secondary N) is 1. The number of rotatable bonds is 5. The Balaban J connectivity index is 1.38. The molecule has 2 amide bonds. The van der Waals surface area contributed by atoms with Crippen molar-refractivity contribution in [1.82, 2.24) is 0 Å². The number of nitrogens with zero attached hydrogens (tertiary/aromatic N) is 1. The van der Waals surface area contributed by atoms with Crippen LogP contribution < -0.4 is 10.2 Å². The Hall–Kier alpha value is -2.84. The van der Waals surface area contributed by atoms with Crippen LogP contribution in [0.4, 0.5) is 11.4 Å². The largest absolute Gasteiger partial charge is 0.454 e. The van der Waals surface area contributed by atoms with E-state index in [1.165, 1.54) is 25.6 Å². The van der Waals surface area contributed by atoms with Crippen molar-refractivity contribution in [3.63, 3.8) is 0 Å². The molecule has 2 aromatic carbocycles. The molecule has 2 heterocycles. The number of fused-ring (bicyclic) bond motifs is 2. The van der Waals surface area contributed by atoms with Crippen molar-refractivity contribution in [2.45, 2.75) is 42.9 Å². The van der Waals surface area contributed by atoms with Crippen molar-refractivity contribution in [2.24, 2.45) is 0 Å². The van der Waals surface area contributed by atoms with Crippen molar-refractivity contribution in [3.05, 3.63) is 52.5 Å². The molecule has 0 spiro atoms. The molecule has 0 radical (unpaired) electrons. The molecular weight excluding hydrogens is 452 g/mol. The zero-order valence-electron chi connectivity index (χ0n) is 17.5. The average molecular weight is 473 g/mol. The van der Waals surface area contributed by atoms with Gasteiger partial charge in [0.1, 0.15) is 0 Å². The highest BCUT2D eigenvalue weighted by atomic mass is 35.5. The van der Waals surface area contributed by atoms with E-state index in [1.807, 2.05) is 0 Å². The highest BCUT2D eigenvalue weighted by Gasteiger charge is 2.31. The second-order valence-electron chi connectivity index (χ2n) is 7.70. The molecule has 2 aliphatic rings. The fourth-order valence-corrected chi connectivity index (χ4v) is 5.07. The predicted octanol–water partition coefficient (Wildman–Crippen LogP) is 3.87. The fraction of sp³-hybridized carbons (Fsp3) is 0.304. The average Bonchev–Trinajstić information content (AvgIpc) is 3.17. The number of hydrogen-bond acceptors (Lipinski definition) is 6. The van der Waals surface area contributed by atoms with E-state index in [-0.39, 0.29) is 24.0 Å². The zero-order valence-corrected chi connectivity index (χ0v) is 19.1. The molecule has 2 aliphatic heterocycles. The Bertz CT molecular complexity index is 1140. The van der Waals surface area contributed by atoms with E-state index >= 15 is 0 Å². The van der Waals surface area contributed by atoms with Crippen molar-refractivity contribution >= 4 is 58.3 Å². The van der Waals surface area contributed by atoms with Crippen molar-refractivity contribution in [1.29, 1.82) is 0 Å². The molecular formula is C23H21ClN2O5S. The Morgan fingerprint density at radius 2 is 2.03 bits per heavy atom. The van der Waals surface area contributed by atoms with Crippen LogP contribution in [0.15, 0.2) is 41.3 Å². The predicted molar refractivity (Wildman–Crippen MR) is 122 cm³/mol. The van der Waals surface area contributed by atoms with E-state index in [0.717, 1.165) is 16.1 Å². The first-order valence-electron chi connectivity index (χ1n) is 10.1. The number of halogens is 1. The monoisotopic (exact) mass is 472 g/mol. The van der Waals surface area contributed by atoms with E-state index in [9.17, 15) is 19.2 Å². The van der Waals surface area contributed by atoms with Crippen LogP contribution in [0, 0.1) is 0 Å². The number of Topliss-reactive ketones (excluding diaryl/α,β-unsaturated/α-hetero) is 1. The van der Waals surface area contributed by atoms with Gasteiger partial charge in [-0.05, 0) is 55.3 Å². The van der Waals surface area contributed by atoms with Crippen molar-refractivity contribution < 1.29 is 23.9 Å². The van der Waals surface area contributed by atoms with E-state index in [4.69, 9.17) is 16.3 Å². The lowest BCUT2D eigenvalue weighted by Crippen LogP contribution is -2.33. The van der Waals surface area contributed by atoms with Crippen LogP contribution in [0.25, 0.3) is 0 Å². The maximum absolute atomic E-state index is 12.8. The van der Waals surface area contributed by atoms with Gasteiger partial charge in [0.25, 0.3) is 0 Å².